The maximum Gasteiger partial charge on any atom is 0.194 e. The summed E-state index contributed by atoms with van der Waals surface area (Å²) in [6.45, 7) is 0. The van der Waals surface area contributed by atoms with E-state index in [1.54, 1.807) is 0 Å². The highest BCUT2D eigenvalue weighted by atomic mass is 16.3. The molecule has 1 unspecified atom stereocenters. The SMILES string of the molecule is c1ccc(C2N=c3c(oc4ccccc34)=C(n3c4ccccc4c4cc5ccc6c7ccccc7oc6c5cc43)N2)cc1. The summed E-state index contributed by atoms with van der Waals surface area (Å²) in [7, 11) is 0. The topological polar surface area (TPSA) is 55.6 Å². The number of hydrogen-bond donors (Lipinski definition) is 1. The second-order valence-corrected chi connectivity index (χ2v) is 11.2. The zero-order chi connectivity index (χ0) is 28.1. The third-order valence-corrected chi connectivity index (χ3v) is 8.81. The first-order valence-corrected chi connectivity index (χ1v) is 14.5. The molecule has 1 N–H and O–H groups in total. The Hall–Kier alpha value is -5.81. The molecule has 5 nitrogen and oxygen atoms in total. The van der Waals surface area contributed by atoms with E-state index in [1.165, 1.54) is 10.8 Å². The molecule has 6 aromatic carbocycles. The molecule has 202 valence electrons. The van der Waals surface area contributed by atoms with Crippen molar-refractivity contribution >= 4 is 71.3 Å². The van der Waals surface area contributed by atoms with Gasteiger partial charge in [0, 0.05) is 32.3 Å². The van der Waals surface area contributed by atoms with E-state index in [0.29, 0.717) is 0 Å². The monoisotopic (exact) mass is 553 g/mol. The van der Waals surface area contributed by atoms with E-state index in [9.17, 15) is 0 Å². The van der Waals surface area contributed by atoms with E-state index in [4.69, 9.17) is 13.8 Å². The molecule has 10 rings (SSSR count). The van der Waals surface area contributed by atoms with E-state index in [0.717, 1.165) is 76.9 Å². The van der Waals surface area contributed by atoms with E-state index in [1.807, 2.05) is 36.4 Å². The van der Waals surface area contributed by atoms with Crippen LogP contribution in [0.1, 0.15) is 11.7 Å². The quantitative estimate of drug-likeness (QED) is 0.235. The number of aromatic nitrogens is 1. The van der Waals surface area contributed by atoms with Crippen molar-refractivity contribution < 1.29 is 8.83 Å². The van der Waals surface area contributed by atoms with Crippen LogP contribution in [0.2, 0.25) is 0 Å². The molecule has 0 aliphatic carbocycles. The molecule has 0 fully saturated rings. The predicted molar refractivity (Wildman–Crippen MR) is 172 cm³/mol. The highest BCUT2D eigenvalue weighted by Crippen LogP contribution is 2.39. The van der Waals surface area contributed by atoms with Crippen molar-refractivity contribution in [3.05, 3.63) is 144 Å². The van der Waals surface area contributed by atoms with Crippen LogP contribution >= 0.6 is 0 Å². The van der Waals surface area contributed by atoms with Crippen LogP contribution in [0.15, 0.2) is 141 Å². The van der Waals surface area contributed by atoms with E-state index in [-0.39, 0.29) is 6.17 Å². The van der Waals surface area contributed by atoms with Crippen LogP contribution in [0.4, 0.5) is 0 Å². The van der Waals surface area contributed by atoms with E-state index >= 15 is 0 Å². The van der Waals surface area contributed by atoms with Gasteiger partial charge < -0.3 is 14.2 Å². The molecule has 5 heteroatoms. The Bertz CT molecular complexity index is 2710. The van der Waals surface area contributed by atoms with Gasteiger partial charge in [0.05, 0.1) is 11.0 Å². The Labute approximate surface area is 244 Å². The predicted octanol–water partition coefficient (Wildman–Crippen LogP) is 8.13. The highest BCUT2D eigenvalue weighted by Gasteiger charge is 2.25. The van der Waals surface area contributed by atoms with Crippen molar-refractivity contribution in [2.24, 2.45) is 4.99 Å². The maximum atomic E-state index is 6.57. The van der Waals surface area contributed by atoms with Gasteiger partial charge in [0.2, 0.25) is 0 Å². The average molecular weight is 554 g/mol. The normalized spacial score (nSPS) is 15.1. The third kappa shape index (κ3) is 3.13. The molecule has 0 radical (unpaired) electrons. The van der Waals surface area contributed by atoms with Crippen molar-refractivity contribution in [1.29, 1.82) is 0 Å². The smallest absolute Gasteiger partial charge is 0.194 e. The number of benzene rings is 6. The van der Waals surface area contributed by atoms with Crippen LogP contribution in [0.3, 0.4) is 0 Å². The number of hydrogen-bond acceptors (Lipinski definition) is 4. The van der Waals surface area contributed by atoms with Crippen molar-refractivity contribution in [2.45, 2.75) is 6.17 Å². The Morgan fingerprint density at radius 1 is 0.558 bits per heavy atom. The number of para-hydroxylation sites is 3. The highest BCUT2D eigenvalue weighted by molar-refractivity contribution is 6.20. The summed E-state index contributed by atoms with van der Waals surface area (Å²) in [5.41, 5.74) is 6.61. The van der Waals surface area contributed by atoms with Crippen LogP contribution < -0.4 is 16.1 Å². The van der Waals surface area contributed by atoms with Gasteiger partial charge in [-0.05, 0) is 53.4 Å². The molecule has 1 aliphatic rings. The molecular weight excluding hydrogens is 530 g/mol. The van der Waals surface area contributed by atoms with Gasteiger partial charge in [-0.3, -0.25) is 9.56 Å². The first-order chi connectivity index (χ1) is 21.3. The lowest BCUT2D eigenvalue weighted by Gasteiger charge is -2.22. The molecule has 1 aliphatic heterocycles. The minimum atomic E-state index is -0.275. The number of furan rings is 2. The Morgan fingerprint density at radius 3 is 2.14 bits per heavy atom. The Morgan fingerprint density at radius 2 is 1.28 bits per heavy atom. The number of nitrogens with one attached hydrogen (secondary N) is 1. The van der Waals surface area contributed by atoms with Gasteiger partial charge in [-0.25, -0.2) is 0 Å². The average Bonchev–Trinajstić information content (AvgIpc) is 3.73. The largest absolute Gasteiger partial charge is 0.455 e. The number of fused-ring (bicyclic) bond motifs is 11. The summed E-state index contributed by atoms with van der Waals surface area (Å²) >= 11 is 0. The lowest BCUT2D eigenvalue weighted by atomic mass is 10.0. The van der Waals surface area contributed by atoms with Gasteiger partial charge in [-0.2, -0.15) is 0 Å². The molecule has 1 atom stereocenters. The van der Waals surface area contributed by atoms with Crippen LogP contribution in [0.5, 0.6) is 0 Å². The van der Waals surface area contributed by atoms with Gasteiger partial charge >= 0.3 is 0 Å². The molecule has 9 aromatic rings. The molecule has 4 heterocycles. The summed E-state index contributed by atoms with van der Waals surface area (Å²) in [6.07, 6.45) is -0.275. The molecular formula is C38H23N3O2. The second-order valence-electron chi connectivity index (χ2n) is 11.2. The molecule has 0 spiro atoms. The maximum absolute atomic E-state index is 6.57. The van der Waals surface area contributed by atoms with Gasteiger partial charge in [0.1, 0.15) is 28.3 Å². The fourth-order valence-corrected chi connectivity index (χ4v) is 6.85. The summed E-state index contributed by atoms with van der Waals surface area (Å²) in [6, 6.07) is 44.3. The van der Waals surface area contributed by atoms with Gasteiger partial charge in [-0.1, -0.05) is 84.9 Å². The second kappa shape index (κ2) is 8.37. The fraction of sp³-hybridized carbons (Fsp3) is 0.0263. The van der Waals surface area contributed by atoms with Crippen LogP contribution in [0, 0.1) is 0 Å². The van der Waals surface area contributed by atoms with Crippen molar-refractivity contribution in [3.8, 4) is 0 Å². The van der Waals surface area contributed by atoms with Crippen LogP contribution in [-0.4, -0.2) is 4.57 Å². The summed E-state index contributed by atoms with van der Waals surface area (Å²) < 4.78 is 15.4. The molecule has 0 saturated carbocycles. The number of rotatable bonds is 2. The summed E-state index contributed by atoms with van der Waals surface area (Å²) in [4.78, 5) is 5.19. The number of nitrogens with zero attached hydrogens (tertiary/aromatic N) is 2. The first kappa shape index (κ1) is 22.8. The zero-order valence-electron chi connectivity index (χ0n) is 22.9. The minimum Gasteiger partial charge on any atom is -0.455 e. The lowest BCUT2D eigenvalue weighted by molar-refractivity contribution is 0.525. The fourth-order valence-electron chi connectivity index (χ4n) is 6.85. The van der Waals surface area contributed by atoms with Gasteiger partial charge in [-0.15, -0.1) is 0 Å². The van der Waals surface area contributed by atoms with Crippen molar-refractivity contribution in [1.82, 2.24) is 9.88 Å². The van der Waals surface area contributed by atoms with Gasteiger partial charge in [0.15, 0.2) is 11.2 Å². The molecule has 0 amide bonds. The Balaban J connectivity index is 1.36. The molecule has 0 saturated heterocycles. The van der Waals surface area contributed by atoms with Crippen molar-refractivity contribution in [3.63, 3.8) is 0 Å². The molecule has 3 aromatic heterocycles. The minimum absolute atomic E-state index is 0.275. The van der Waals surface area contributed by atoms with Crippen LogP contribution in [-0.2, 0) is 0 Å². The van der Waals surface area contributed by atoms with Crippen molar-refractivity contribution in [2.75, 3.05) is 0 Å². The Kier molecular flexibility index (Phi) is 4.44. The lowest BCUT2D eigenvalue weighted by Crippen LogP contribution is -2.40. The first-order valence-electron chi connectivity index (χ1n) is 14.5. The molecule has 43 heavy (non-hydrogen) atoms. The van der Waals surface area contributed by atoms with Gasteiger partial charge in [0.25, 0.3) is 0 Å². The third-order valence-electron chi connectivity index (χ3n) is 8.81. The van der Waals surface area contributed by atoms with E-state index < -0.39 is 0 Å². The van der Waals surface area contributed by atoms with Crippen LogP contribution in [0.25, 0.3) is 71.3 Å². The summed E-state index contributed by atoms with van der Waals surface area (Å²) in [5, 5.41) is 12.5. The zero-order valence-corrected chi connectivity index (χ0v) is 22.9. The summed E-state index contributed by atoms with van der Waals surface area (Å²) in [5.74, 6) is 0.873. The standard InChI is InChI=1S/C38H23N3O2/c1-2-10-22(11-3-1)37-39-34-27-14-6-9-17-33(27)43-36(34)38(40-37)41-30-15-7-4-12-24(30)29-20-23-18-19-26-25-13-5-8-16-32(25)42-35(26)28(23)21-31(29)41/h1-21,37,40H. The van der Waals surface area contributed by atoms with E-state index in [2.05, 4.69) is 101 Å². The molecule has 0 bridgehead atoms.